The van der Waals surface area contributed by atoms with E-state index in [0.29, 0.717) is 12.0 Å². The third kappa shape index (κ3) is 2.73. The minimum atomic E-state index is 0.359. The smallest absolute Gasteiger partial charge is 0.124 e. The van der Waals surface area contributed by atoms with Crippen molar-refractivity contribution in [3.05, 3.63) is 29.1 Å². The topological polar surface area (TPSA) is 31.9 Å². The van der Waals surface area contributed by atoms with Crippen molar-refractivity contribution in [2.75, 3.05) is 13.1 Å². The summed E-state index contributed by atoms with van der Waals surface area (Å²) < 4.78 is 0. The monoisotopic (exact) mass is 273 g/mol. The number of aryl methyl sites for hydroxylation is 2. The predicted octanol–water partition coefficient (Wildman–Crippen LogP) is 4.22. The first-order valence-electron chi connectivity index (χ1n) is 7.68. The second-order valence-corrected chi connectivity index (χ2v) is 5.99. The number of H-pyrrole nitrogens is 1. The molecule has 1 aromatic heterocycles. The Hall–Kier alpha value is -1.35. The van der Waals surface area contributed by atoms with Crippen molar-refractivity contribution >= 4 is 11.0 Å². The van der Waals surface area contributed by atoms with Crippen molar-refractivity contribution < 1.29 is 0 Å². The summed E-state index contributed by atoms with van der Waals surface area (Å²) in [7, 11) is 0. The van der Waals surface area contributed by atoms with Crippen molar-refractivity contribution in [2.24, 2.45) is 5.92 Å². The van der Waals surface area contributed by atoms with Crippen LogP contribution in [0.1, 0.15) is 50.7 Å². The van der Waals surface area contributed by atoms with Crippen LogP contribution in [0, 0.1) is 19.8 Å². The molecule has 0 amide bonds. The van der Waals surface area contributed by atoms with Gasteiger partial charge in [0, 0.05) is 0 Å². The Kier molecular flexibility index (Phi) is 4.48. The number of imidazole rings is 1. The highest BCUT2D eigenvalue weighted by Crippen LogP contribution is 2.28. The van der Waals surface area contributed by atoms with E-state index in [1.165, 1.54) is 11.1 Å². The van der Waals surface area contributed by atoms with E-state index >= 15 is 0 Å². The Morgan fingerprint density at radius 2 is 1.70 bits per heavy atom. The van der Waals surface area contributed by atoms with Gasteiger partial charge in [-0.2, -0.15) is 0 Å². The van der Waals surface area contributed by atoms with Gasteiger partial charge in [0.2, 0.25) is 0 Å². The highest BCUT2D eigenvalue weighted by molar-refractivity contribution is 5.77. The van der Waals surface area contributed by atoms with E-state index in [9.17, 15) is 0 Å². The van der Waals surface area contributed by atoms with E-state index < -0.39 is 0 Å². The van der Waals surface area contributed by atoms with Crippen molar-refractivity contribution in [3.63, 3.8) is 0 Å². The zero-order valence-electron chi connectivity index (χ0n) is 13.6. The average molecular weight is 273 g/mol. The summed E-state index contributed by atoms with van der Waals surface area (Å²) in [6.45, 7) is 15.4. The molecule has 110 valence electrons. The van der Waals surface area contributed by atoms with Crippen LogP contribution in [0.2, 0.25) is 0 Å². The van der Waals surface area contributed by atoms with Gasteiger partial charge in [-0.3, -0.25) is 4.90 Å². The number of aromatic amines is 1. The van der Waals surface area contributed by atoms with E-state index in [4.69, 9.17) is 4.98 Å². The molecule has 0 saturated heterocycles. The summed E-state index contributed by atoms with van der Waals surface area (Å²) in [5.41, 5.74) is 4.86. The van der Waals surface area contributed by atoms with Gasteiger partial charge in [0.05, 0.1) is 17.1 Å². The molecule has 1 atom stereocenters. The highest BCUT2D eigenvalue weighted by atomic mass is 15.2. The summed E-state index contributed by atoms with van der Waals surface area (Å²) in [6.07, 6.45) is 0. The highest BCUT2D eigenvalue weighted by Gasteiger charge is 2.24. The van der Waals surface area contributed by atoms with Crippen molar-refractivity contribution in [3.8, 4) is 0 Å². The molecule has 0 aliphatic heterocycles. The van der Waals surface area contributed by atoms with E-state index in [1.54, 1.807) is 0 Å². The average Bonchev–Trinajstić information content (AvgIpc) is 2.77. The van der Waals surface area contributed by atoms with Crippen LogP contribution in [0.3, 0.4) is 0 Å². The Balaban J connectivity index is 2.48. The van der Waals surface area contributed by atoms with Crippen LogP contribution < -0.4 is 0 Å². The van der Waals surface area contributed by atoms with Gasteiger partial charge >= 0.3 is 0 Å². The lowest BCUT2D eigenvalue weighted by Crippen LogP contribution is -2.32. The number of nitrogens with one attached hydrogen (secondary N) is 1. The zero-order valence-corrected chi connectivity index (χ0v) is 13.6. The SMILES string of the molecule is CCN(CC)C(c1nc2cc(C)c(C)cc2[nH]1)C(C)C. The number of aromatic nitrogens is 2. The van der Waals surface area contributed by atoms with Crippen LogP contribution in [0.5, 0.6) is 0 Å². The first kappa shape index (κ1) is 15.0. The molecule has 0 aliphatic carbocycles. The van der Waals surface area contributed by atoms with Crippen molar-refractivity contribution in [1.29, 1.82) is 0 Å². The molecule has 1 heterocycles. The lowest BCUT2D eigenvalue weighted by Gasteiger charge is -2.31. The molecular weight excluding hydrogens is 246 g/mol. The Morgan fingerprint density at radius 3 is 2.25 bits per heavy atom. The molecule has 20 heavy (non-hydrogen) atoms. The van der Waals surface area contributed by atoms with Gasteiger partial charge in [-0.15, -0.1) is 0 Å². The number of rotatable bonds is 5. The Bertz CT molecular complexity index is 540. The molecular formula is C17H27N3. The van der Waals surface area contributed by atoms with Crippen LogP contribution in [0.25, 0.3) is 11.0 Å². The molecule has 0 radical (unpaired) electrons. The number of hydrogen-bond donors (Lipinski definition) is 1. The van der Waals surface area contributed by atoms with Gasteiger partial charge < -0.3 is 4.98 Å². The molecule has 0 saturated carbocycles. The molecule has 0 fully saturated rings. The molecule has 3 nitrogen and oxygen atoms in total. The summed E-state index contributed by atoms with van der Waals surface area (Å²) in [5, 5.41) is 0. The third-order valence-electron chi connectivity index (χ3n) is 4.23. The van der Waals surface area contributed by atoms with Gasteiger partial charge in [0.25, 0.3) is 0 Å². The quantitative estimate of drug-likeness (QED) is 0.884. The Morgan fingerprint density at radius 1 is 1.10 bits per heavy atom. The first-order chi connectivity index (χ1) is 9.47. The second kappa shape index (κ2) is 5.96. The van der Waals surface area contributed by atoms with Crippen LogP contribution in [0.15, 0.2) is 12.1 Å². The lowest BCUT2D eigenvalue weighted by atomic mass is 10.0. The molecule has 3 heteroatoms. The maximum Gasteiger partial charge on any atom is 0.124 e. The maximum absolute atomic E-state index is 4.86. The van der Waals surface area contributed by atoms with Crippen molar-refractivity contribution in [1.82, 2.24) is 14.9 Å². The van der Waals surface area contributed by atoms with Gasteiger partial charge in [0.15, 0.2) is 0 Å². The number of nitrogens with zero attached hydrogens (tertiary/aromatic N) is 2. The molecule has 0 bridgehead atoms. The summed E-state index contributed by atoms with van der Waals surface area (Å²) in [5.74, 6) is 1.64. The summed E-state index contributed by atoms with van der Waals surface area (Å²) in [6, 6.07) is 4.75. The van der Waals surface area contributed by atoms with E-state index in [0.717, 1.165) is 29.9 Å². The fourth-order valence-corrected chi connectivity index (χ4v) is 2.96. The number of benzene rings is 1. The molecule has 1 unspecified atom stereocenters. The van der Waals surface area contributed by atoms with Gasteiger partial charge in [-0.05, 0) is 56.1 Å². The zero-order chi connectivity index (χ0) is 14.9. The number of fused-ring (bicyclic) bond motifs is 1. The van der Waals surface area contributed by atoms with Crippen molar-refractivity contribution in [2.45, 2.75) is 47.6 Å². The predicted molar refractivity (Wildman–Crippen MR) is 86.1 cm³/mol. The van der Waals surface area contributed by atoms with Crippen LogP contribution in [0.4, 0.5) is 0 Å². The van der Waals surface area contributed by atoms with Gasteiger partial charge in [-0.25, -0.2) is 4.98 Å². The fourth-order valence-electron chi connectivity index (χ4n) is 2.96. The third-order valence-corrected chi connectivity index (χ3v) is 4.23. The Labute approximate surface area is 122 Å². The largest absolute Gasteiger partial charge is 0.341 e. The summed E-state index contributed by atoms with van der Waals surface area (Å²) >= 11 is 0. The molecule has 0 spiro atoms. The van der Waals surface area contributed by atoms with Gasteiger partial charge in [0.1, 0.15) is 5.82 Å². The second-order valence-electron chi connectivity index (χ2n) is 5.99. The minimum absolute atomic E-state index is 0.359. The summed E-state index contributed by atoms with van der Waals surface area (Å²) in [4.78, 5) is 10.9. The molecule has 2 rings (SSSR count). The van der Waals surface area contributed by atoms with Crippen LogP contribution >= 0.6 is 0 Å². The maximum atomic E-state index is 4.86. The normalized spacial score (nSPS) is 13.6. The van der Waals surface area contributed by atoms with Crippen LogP contribution in [-0.4, -0.2) is 28.0 Å². The molecule has 2 aromatic rings. The lowest BCUT2D eigenvalue weighted by molar-refractivity contribution is 0.165. The minimum Gasteiger partial charge on any atom is -0.341 e. The fraction of sp³-hybridized carbons (Fsp3) is 0.588. The molecule has 1 aromatic carbocycles. The standard InChI is InChI=1S/C17H27N3/c1-7-20(8-2)16(11(3)4)17-18-14-9-12(5)13(6)10-15(14)19-17/h9-11,16H,7-8H2,1-6H3,(H,18,19). The molecule has 0 aliphatic rings. The van der Waals surface area contributed by atoms with Gasteiger partial charge in [-0.1, -0.05) is 27.7 Å². The van der Waals surface area contributed by atoms with Crippen LogP contribution in [-0.2, 0) is 0 Å². The molecule has 1 N–H and O–H groups in total. The van der Waals surface area contributed by atoms with E-state index in [2.05, 4.69) is 63.6 Å². The van der Waals surface area contributed by atoms with E-state index in [-0.39, 0.29) is 0 Å². The number of hydrogen-bond acceptors (Lipinski definition) is 2. The first-order valence-corrected chi connectivity index (χ1v) is 7.68. The van der Waals surface area contributed by atoms with E-state index in [1.807, 2.05) is 0 Å².